The Morgan fingerprint density at radius 1 is 0.521 bits per heavy atom. The molecular weight excluding hydrogens is 587 g/mol. The minimum Gasteiger partial charge on any atom is -0.309 e. The fourth-order valence-electron chi connectivity index (χ4n) is 7.06. The van der Waals surface area contributed by atoms with Crippen molar-refractivity contribution in [3.63, 3.8) is 0 Å². The summed E-state index contributed by atoms with van der Waals surface area (Å²) in [6, 6.07) is 53.9. The van der Waals surface area contributed by atoms with Crippen molar-refractivity contribution >= 4 is 49.3 Å². The monoisotopic (exact) mass is 611 g/mol. The average molecular weight is 612 g/mol. The molecule has 5 heteroatoms. The molecule has 0 radical (unpaired) electrons. The summed E-state index contributed by atoms with van der Waals surface area (Å²) in [5, 5.41) is 14.2. The van der Waals surface area contributed by atoms with Crippen molar-refractivity contribution in [3.05, 3.63) is 169 Å². The van der Waals surface area contributed by atoms with E-state index in [9.17, 15) is 5.26 Å². The number of nitrogens with zero attached hydrogens (tertiary/aromatic N) is 5. The van der Waals surface area contributed by atoms with Gasteiger partial charge in [-0.3, -0.25) is 0 Å². The zero-order chi connectivity index (χ0) is 32.2. The third-order valence-corrected chi connectivity index (χ3v) is 9.15. The normalized spacial score (nSPS) is 11.3. The molecule has 5 nitrogen and oxygen atoms in total. The van der Waals surface area contributed by atoms with Crippen LogP contribution in [-0.2, 0) is 0 Å². The molecule has 6 aromatic carbocycles. The highest BCUT2D eigenvalue weighted by atomic mass is 15.0. The minimum absolute atomic E-state index is 0.573. The molecule has 0 saturated heterocycles. The Labute approximate surface area is 276 Å². The molecular formula is C43H25N5. The van der Waals surface area contributed by atoms with Gasteiger partial charge in [-0.05, 0) is 66.7 Å². The first-order valence-corrected chi connectivity index (χ1v) is 15.7. The molecule has 0 N–H and O–H groups in total. The Bertz CT molecular complexity index is 2770. The van der Waals surface area contributed by atoms with Crippen LogP contribution in [-0.4, -0.2) is 14.1 Å². The molecule has 48 heavy (non-hydrogen) atoms. The fraction of sp³-hybridized carbons (Fsp3) is 0. The van der Waals surface area contributed by atoms with Crippen LogP contribution in [0.25, 0.3) is 82.3 Å². The van der Waals surface area contributed by atoms with Gasteiger partial charge in [-0.1, -0.05) is 84.9 Å². The lowest BCUT2D eigenvalue weighted by molar-refractivity contribution is 1.13. The summed E-state index contributed by atoms with van der Waals surface area (Å²) in [7, 11) is 0. The third-order valence-electron chi connectivity index (χ3n) is 9.15. The fourth-order valence-corrected chi connectivity index (χ4v) is 7.06. The first-order chi connectivity index (χ1) is 23.7. The van der Waals surface area contributed by atoms with E-state index in [4.69, 9.17) is 11.6 Å². The van der Waals surface area contributed by atoms with E-state index in [2.05, 4.69) is 105 Å². The molecule has 0 aliphatic heterocycles. The molecule has 0 amide bonds. The lowest BCUT2D eigenvalue weighted by Crippen LogP contribution is -2.00. The Morgan fingerprint density at radius 3 is 1.69 bits per heavy atom. The predicted molar refractivity (Wildman–Crippen MR) is 195 cm³/mol. The van der Waals surface area contributed by atoms with Crippen molar-refractivity contribution in [1.29, 1.82) is 5.26 Å². The molecule has 0 unspecified atom stereocenters. The Balaban J connectivity index is 1.37. The van der Waals surface area contributed by atoms with Gasteiger partial charge in [-0.25, -0.2) is 9.83 Å². The molecule has 9 aromatic rings. The highest BCUT2D eigenvalue weighted by molar-refractivity contribution is 6.11. The second-order valence-corrected chi connectivity index (χ2v) is 11.8. The SMILES string of the molecule is [C-]#[N+]c1ccccc1-c1cccc(-c2cc(-n3c4ccccc4c4ccccc43)cc(-n3c4ccccc4c4cc(C#N)ccc43)c2)n1. The number of hydrogen-bond donors (Lipinski definition) is 0. The lowest BCUT2D eigenvalue weighted by atomic mass is 10.1. The van der Waals surface area contributed by atoms with Crippen molar-refractivity contribution in [1.82, 2.24) is 14.1 Å². The quantitative estimate of drug-likeness (QED) is 0.186. The van der Waals surface area contributed by atoms with E-state index in [1.165, 1.54) is 10.8 Å². The maximum Gasteiger partial charge on any atom is 0.196 e. The summed E-state index contributed by atoms with van der Waals surface area (Å²) >= 11 is 0. The number of nitriles is 1. The molecule has 0 saturated carbocycles. The summed E-state index contributed by atoms with van der Waals surface area (Å²) in [6.45, 7) is 7.73. The molecule has 3 aromatic heterocycles. The minimum atomic E-state index is 0.573. The molecule has 0 bridgehead atoms. The lowest BCUT2D eigenvalue weighted by Gasteiger charge is -2.16. The van der Waals surface area contributed by atoms with Crippen LogP contribution in [0.5, 0.6) is 0 Å². The molecule has 0 aliphatic carbocycles. The van der Waals surface area contributed by atoms with E-state index in [-0.39, 0.29) is 0 Å². The van der Waals surface area contributed by atoms with Crippen molar-refractivity contribution in [2.45, 2.75) is 0 Å². The molecule has 0 spiro atoms. The van der Waals surface area contributed by atoms with Crippen LogP contribution >= 0.6 is 0 Å². The highest BCUT2D eigenvalue weighted by Gasteiger charge is 2.18. The van der Waals surface area contributed by atoms with Gasteiger partial charge in [0.05, 0.1) is 51.7 Å². The van der Waals surface area contributed by atoms with Gasteiger partial charge in [-0.15, -0.1) is 0 Å². The van der Waals surface area contributed by atoms with E-state index in [0.29, 0.717) is 11.3 Å². The maximum absolute atomic E-state index is 9.73. The second-order valence-electron chi connectivity index (χ2n) is 11.8. The van der Waals surface area contributed by atoms with Gasteiger partial charge in [0.2, 0.25) is 0 Å². The van der Waals surface area contributed by atoms with Crippen molar-refractivity contribution in [3.8, 4) is 40.0 Å². The third kappa shape index (κ3) is 4.20. The van der Waals surface area contributed by atoms with Crippen molar-refractivity contribution in [2.24, 2.45) is 0 Å². The van der Waals surface area contributed by atoms with Crippen LogP contribution in [0, 0.1) is 17.9 Å². The Kier molecular flexibility index (Phi) is 6.18. The first kappa shape index (κ1) is 27.4. The van der Waals surface area contributed by atoms with E-state index < -0.39 is 0 Å². The van der Waals surface area contributed by atoms with E-state index in [1.54, 1.807) is 0 Å². The molecule has 222 valence electrons. The van der Waals surface area contributed by atoms with E-state index in [0.717, 1.165) is 66.7 Å². The molecule has 3 heterocycles. The molecule has 0 aliphatic rings. The number of fused-ring (bicyclic) bond motifs is 6. The standard InChI is InChI=1S/C43H25N5/c1-45-38-15-6-2-14-35(38)39-17-10-16-37(46-39)29-24-30(47-40-18-7-3-11-32(40)33-12-4-8-19-41(33)47)26-31(25-29)48-42-20-9-5-13-34(42)36-23-28(27-44)21-22-43(36)48/h2-26H. The van der Waals surface area contributed by atoms with Crippen LogP contribution in [0.4, 0.5) is 5.69 Å². The zero-order valence-electron chi connectivity index (χ0n) is 25.7. The van der Waals surface area contributed by atoms with Gasteiger partial charge < -0.3 is 9.13 Å². The van der Waals surface area contributed by atoms with Gasteiger partial charge in [-0.2, -0.15) is 5.26 Å². The molecule has 0 fully saturated rings. The predicted octanol–water partition coefficient (Wildman–Crippen LogP) is 11.0. The highest BCUT2D eigenvalue weighted by Crippen LogP contribution is 2.38. The van der Waals surface area contributed by atoms with E-state index >= 15 is 0 Å². The van der Waals surface area contributed by atoms with E-state index in [1.807, 2.05) is 66.7 Å². The maximum atomic E-state index is 9.73. The van der Waals surface area contributed by atoms with Gasteiger partial charge in [0.1, 0.15) is 0 Å². The number of hydrogen-bond acceptors (Lipinski definition) is 2. The Morgan fingerprint density at radius 2 is 1.06 bits per heavy atom. The van der Waals surface area contributed by atoms with Gasteiger partial charge in [0.15, 0.2) is 5.69 Å². The number of para-hydroxylation sites is 4. The number of benzene rings is 6. The van der Waals surface area contributed by atoms with Gasteiger partial charge in [0, 0.05) is 44.0 Å². The Hall–Kier alpha value is -6.95. The van der Waals surface area contributed by atoms with Crippen LogP contribution in [0.15, 0.2) is 152 Å². The van der Waals surface area contributed by atoms with Crippen molar-refractivity contribution < 1.29 is 0 Å². The van der Waals surface area contributed by atoms with Crippen LogP contribution in [0.2, 0.25) is 0 Å². The topological polar surface area (TPSA) is 50.9 Å². The summed E-state index contributed by atoms with van der Waals surface area (Å²) in [6.07, 6.45) is 0. The summed E-state index contributed by atoms with van der Waals surface area (Å²) in [4.78, 5) is 8.90. The van der Waals surface area contributed by atoms with Gasteiger partial charge >= 0.3 is 0 Å². The largest absolute Gasteiger partial charge is 0.309 e. The number of pyridine rings is 1. The summed E-state index contributed by atoms with van der Waals surface area (Å²) in [5.41, 5.74) is 10.8. The van der Waals surface area contributed by atoms with Crippen molar-refractivity contribution in [2.75, 3.05) is 0 Å². The van der Waals surface area contributed by atoms with Crippen LogP contribution in [0.3, 0.4) is 0 Å². The second kappa shape index (κ2) is 10.8. The number of aromatic nitrogens is 3. The average Bonchev–Trinajstić information content (AvgIpc) is 3.67. The summed E-state index contributed by atoms with van der Waals surface area (Å²) < 4.78 is 4.61. The smallest absolute Gasteiger partial charge is 0.196 e. The zero-order valence-corrected chi connectivity index (χ0v) is 25.7. The summed E-state index contributed by atoms with van der Waals surface area (Å²) in [5.74, 6) is 0. The molecule has 0 atom stereocenters. The first-order valence-electron chi connectivity index (χ1n) is 15.7. The van der Waals surface area contributed by atoms with Gasteiger partial charge in [0.25, 0.3) is 0 Å². The molecule has 9 rings (SSSR count). The van der Waals surface area contributed by atoms with Crippen LogP contribution in [0.1, 0.15) is 5.56 Å². The van der Waals surface area contributed by atoms with Crippen LogP contribution < -0.4 is 0 Å². The number of rotatable bonds is 4.